The summed E-state index contributed by atoms with van der Waals surface area (Å²) in [6.07, 6.45) is 0.0468. The van der Waals surface area contributed by atoms with Gasteiger partial charge in [-0.05, 0) is 56.0 Å². The zero-order valence-electron chi connectivity index (χ0n) is 17.2. The Balaban J connectivity index is 1.69. The molecule has 0 saturated heterocycles. The SMILES string of the molecule is NC1=NC2(CCCCC2)N(c2ccc(S(=O)(=O)c3ncc(C(F)(F)F)cc3Cl)cc2)C(N)=N1. The van der Waals surface area contributed by atoms with Gasteiger partial charge in [0.15, 0.2) is 5.03 Å². The molecule has 33 heavy (non-hydrogen) atoms. The number of benzene rings is 1. The minimum Gasteiger partial charge on any atom is -0.369 e. The number of hydrogen-bond donors (Lipinski definition) is 2. The molecule has 0 bridgehead atoms. The number of nitrogens with two attached hydrogens (primary N) is 2. The van der Waals surface area contributed by atoms with Gasteiger partial charge in [-0.3, -0.25) is 4.90 Å². The van der Waals surface area contributed by atoms with Crippen molar-refractivity contribution in [2.45, 2.75) is 53.9 Å². The molecule has 8 nitrogen and oxygen atoms in total. The molecule has 0 amide bonds. The zero-order valence-corrected chi connectivity index (χ0v) is 18.8. The van der Waals surface area contributed by atoms with Gasteiger partial charge in [-0.15, -0.1) is 0 Å². The van der Waals surface area contributed by atoms with Crippen LogP contribution in [-0.2, 0) is 16.0 Å². The van der Waals surface area contributed by atoms with Gasteiger partial charge in [-0.25, -0.2) is 18.4 Å². The second-order valence-corrected chi connectivity index (χ2v) is 10.1. The lowest BCUT2D eigenvalue weighted by atomic mass is 9.87. The molecule has 176 valence electrons. The zero-order chi connectivity index (χ0) is 24.0. The summed E-state index contributed by atoms with van der Waals surface area (Å²) in [5, 5.41) is -1.28. The highest BCUT2D eigenvalue weighted by atomic mass is 35.5. The molecule has 1 spiro atoms. The average Bonchev–Trinajstić information content (AvgIpc) is 2.73. The first-order valence-corrected chi connectivity index (χ1v) is 11.9. The quantitative estimate of drug-likeness (QED) is 0.661. The van der Waals surface area contributed by atoms with E-state index in [2.05, 4.69) is 15.0 Å². The normalized spacial score (nSPS) is 18.7. The molecule has 2 aliphatic rings. The average molecular weight is 501 g/mol. The fourth-order valence-electron chi connectivity index (χ4n) is 4.16. The van der Waals surface area contributed by atoms with Crippen molar-refractivity contribution in [3.8, 4) is 0 Å². The van der Waals surface area contributed by atoms with E-state index in [1.54, 1.807) is 4.90 Å². The smallest absolute Gasteiger partial charge is 0.369 e. The molecular weight excluding hydrogens is 481 g/mol. The molecule has 1 aliphatic carbocycles. The van der Waals surface area contributed by atoms with Crippen molar-refractivity contribution in [1.29, 1.82) is 0 Å². The number of hydrogen-bond acceptors (Lipinski definition) is 8. The van der Waals surface area contributed by atoms with Crippen LogP contribution in [0.4, 0.5) is 18.9 Å². The van der Waals surface area contributed by atoms with Gasteiger partial charge < -0.3 is 11.5 Å². The number of alkyl halides is 3. The first-order valence-electron chi connectivity index (χ1n) is 10.0. The van der Waals surface area contributed by atoms with E-state index in [9.17, 15) is 21.6 Å². The number of nitrogens with zero attached hydrogens (tertiary/aromatic N) is 4. The summed E-state index contributed by atoms with van der Waals surface area (Å²) in [5.74, 6) is 0.236. The lowest BCUT2D eigenvalue weighted by Crippen LogP contribution is -2.58. The van der Waals surface area contributed by atoms with Gasteiger partial charge in [0.05, 0.1) is 15.5 Å². The molecule has 4 rings (SSSR count). The molecule has 1 fully saturated rings. The van der Waals surface area contributed by atoms with Gasteiger partial charge in [0.1, 0.15) is 5.66 Å². The summed E-state index contributed by atoms with van der Waals surface area (Å²) in [5.41, 5.74) is 10.7. The first-order chi connectivity index (χ1) is 15.4. The number of pyridine rings is 1. The van der Waals surface area contributed by atoms with Crippen LogP contribution in [0.2, 0.25) is 5.02 Å². The number of aliphatic imine (C=N–C) groups is 2. The van der Waals surface area contributed by atoms with Crippen molar-refractivity contribution >= 4 is 39.0 Å². The summed E-state index contributed by atoms with van der Waals surface area (Å²) < 4.78 is 64.5. The Morgan fingerprint density at radius 3 is 2.27 bits per heavy atom. The second kappa shape index (κ2) is 8.17. The molecule has 1 aromatic carbocycles. The predicted molar refractivity (Wildman–Crippen MR) is 118 cm³/mol. The summed E-state index contributed by atoms with van der Waals surface area (Å²) in [4.78, 5) is 13.6. The van der Waals surface area contributed by atoms with Crippen LogP contribution >= 0.6 is 11.6 Å². The van der Waals surface area contributed by atoms with E-state index in [1.807, 2.05) is 0 Å². The van der Waals surface area contributed by atoms with Gasteiger partial charge in [0, 0.05) is 11.9 Å². The van der Waals surface area contributed by atoms with E-state index >= 15 is 0 Å². The highest BCUT2D eigenvalue weighted by Crippen LogP contribution is 2.40. The lowest BCUT2D eigenvalue weighted by Gasteiger charge is -2.45. The highest BCUT2D eigenvalue weighted by Gasteiger charge is 2.42. The Morgan fingerprint density at radius 2 is 1.70 bits per heavy atom. The van der Waals surface area contributed by atoms with Crippen LogP contribution in [0.15, 0.2) is 56.4 Å². The number of halogens is 4. The standard InChI is InChI=1S/C20H20ClF3N6O2S/c21-15-10-12(20(22,23)24)11-27-16(15)33(31,32)14-6-4-13(5-7-14)30-18(26)28-17(25)29-19(30)8-2-1-3-9-19/h4-7,10-11H,1-3,8-9H2,(H4,25,26,28,29). The van der Waals surface area contributed by atoms with Gasteiger partial charge in [0.2, 0.25) is 21.8 Å². The molecule has 1 aromatic heterocycles. The Labute approximate surface area is 193 Å². The maximum absolute atomic E-state index is 13.0. The van der Waals surface area contributed by atoms with Crippen molar-refractivity contribution in [3.63, 3.8) is 0 Å². The monoisotopic (exact) mass is 500 g/mol. The molecular formula is C20H20ClF3N6O2S. The Bertz CT molecular complexity index is 1240. The number of aromatic nitrogens is 1. The van der Waals surface area contributed by atoms with Gasteiger partial charge in [-0.2, -0.15) is 18.2 Å². The summed E-state index contributed by atoms with van der Waals surface area (Å²) in [6, 6.07) is 6.22. The summed E-state index contributed by atoms with van der Waals surface area (Å²) in [7, 11) is -4.27. The van der Waals surface area contributed by atoms with E-state index in [-0.39, 0.29) is 16.8 Å². The highest BCUT2D eigenvalue weighted by molar-refractivity contribution is 7.91. The number of anilines is 1. The molecule has 1 aliphatic heterocycles. The summed E-state index contributed by atoms with van der Waals surface area (Å²) in [6.45, 7) is 0. The topological polar surface area (TPSA) is 127 Å². The fourth-order valence-corrected chi connectivity index (χ4v) is 5.85. The van der Waals surface area contributed by atoms with E-state index < -0.39 is 37.3 Å². The number of guanidine groups is 2. The van der Waals surface area contributed by atoms with Gasteiger partial charge in [0.25, 0.3) is 0 Å². The lowest BCUT2D eigenvalue weighted by molar-refractivity contribution is -0.137. The summed E-state index contributed by atoms with van der Waals surface area (Å²) >= 11 is 5.84. The van der Waals surface area contributed by atoms with Crippen molar-refractivity contribution in [1.82, 2.24) is 4.98 Å². The maximum Gasteiger partial charge on any atom is 0.417 e. The van der Waals surface area contributed by atoms with Crippen molar-refractivity contribution < 1.29 is 21.6 Å². The molecule has 0 radical (unpaired) electrons. The third kappa shape index (κ3) is 4.24. The molecule has 4 N–H and O–H groups in total. The van der Waals surface area contributed by atoms with Gasteiger partial charge in [-0.1, -0.05) is 18.0 Å². The van der Waals surface area contributed by atoms with Gasteiger partial charge >= 0.3 is 6.18 Å². The fraction of sp³-hybridized carbons (Fsp3) is 0.350. The minimum atomic E-state index is -4.70. The largest absolute Gasteiger partial charge is 0.417 e. The Hall–Kier alpha value is -2.86. The molecule has 0 atom stereocenters. The Morgan fingerprint density at radius 1 is 1.06 bits per heavy atom. The first kappa shape index (κ1) is 23.3. The van der Waals surface area contributed by atoms with Crippen molar-refractivity contribution in [2.75, 3.05) is 4.90 Å². The Kier molecular flexibility index (Phi) is 5.77. The van der Waals surface area contributed by atoms with Crippen molar-refractivity contribution in [3.05, 3.63) is 47.1 Å². The van der Waals surface area contributed by atoms with Crippen LogP contribution < -0.4 is 16.4 Å². The number of rotatable bonds is 3. The van der Waals surface area contributed by atoms with Crippen LogP contribution in [0.1, 0.15) is 37.7 Å². The van der Waals surface area contributed by atoms with Crippen LogP contribution in [-0.4, -0.2) is 31.0 Å². The second-order valence-electron chi connectivity index (χ2n) is 7.82. The minimum absolute atomic E-state index is 0.0906. The predicted octanol–water partition coefficient (Wildman–Crippen LogP) is 3.70. The molecule has 13 heteroatoms. The maximum atomic E-state index is 13.0. The van der Waals surface area contributed by atoms with E-state index in [0.29, 0.717) is 30.8 Å². The molecule has 2 heterocycles. The van der Waals surface area contributed by atoms with E-state index in [0.717, 1.165) is 19.3 Å². The van der Waals surface area contributed by atoms with E-state index in [4.69, 9.17) is 23.1 Å². The van der Waals surface area contributed by atoms with Crippen LogP contribution in [0.5, 0.6) is 0 Å². The van der Waals surface area contributed by atoms with Crippen LogP contribution in [0.3, 0.4) is 0 Å². The third-order valence-electron chi connectivity index (χ3n) is 5.65. The van der Waals surface area contributed by atoms with Crippen LogP contribution in [0.25, 0.3) is 0 Å². The number of sulfone groups is 1. The van der Waals surface area contributed by atoms with Crippen molar-refractivity contribution in [2.24, 2.45) is 21.5 Å². The molecule has 1 saturated carbocycles. The van der Waals surface area contributed by atoms with E-state index in [1.165, 1.54) is 24.3 Å². The third-order valence-corrected chi connectivity index (χ3v) is 7.77. The molecule has 2 aromatic rings. The molecule has 0 unspecified atom stereocenters. The van der Waals surface area contributed by atoms with Crippen LogP contribution in [0, 0.1) is 0 Å².